The topological polar surface area (TPSA) is 58.2 Å². The van der Waals surface area contributed by atoms with Crippen molar-refractivity contribution >= 4 is 11.8 Å². The number of hydrogen-bond acceptors (Lipinski definition) is 2. The van der Waals surface area contributed by atoms with Crippen molar-refractivity contribution in [3.8, 4) is 0 Å². The van der Waals surface area contributed by atoms with Crippen molar-refractivity contribution in [2.75, 3.05) is 6.54 Å². The molecule has 0 atom stereocenters. The quantitative estimate of drug-likeness (QED) is 0.793. The van der Waals surface area contributed by atoms with Gasteiger partial charge in [0.25, 0.3) is 0 Å². The molecule has 0 aliphatic carbocycles. The Labute approximate surface area is 149 Å². The molecule has 2 aromatic carbocycles. The van der Waals surface area contributed by atoms with Crippen molar-refractivity contribution in [1.82, 2.24) is 10.6 Å². The van der Waals surface area contributed by atoms with E-state index in [0.29, 0.717) is 5.56 Å². The van der Waals surface area contributed by atoms with Gasteiger partial charge < -0.3 is 10.6 Å². The summed E-state index contributed by atoms with van der Waals surface area (Å²) in [6.45, 7) is 0.167. The number of amides is 2. The number of benzene rings is 2. The van der Waals surface area contributed by atoms with Gasteiger partial charge in [0.15, 0.2) is 0 Å². The van der Waals surface area contributed by atoms with Crippen molar-refractivity contribution in [3.63, 3.8) is 0 Å². The van der Waals surface area contributed by atoms with Gasteiger partial charge in [-0.25, -0.2) is 0 Å². The van der Waals surface area contributed by atoms with E-state index in [1.807, 2.05) is 30.3 Å². The number of carbonyl (C=O) groups excluding carboxylic acids is 2. The van der Waals surface area contributed by atoms with Crippen molar-refractivity contribution in [1.29, 1.82) is 0 Å². The smallest absolute Gasteiger partial charge is 0.355 e. The van der Waals surface area contributed by atoms with Crippen LogP contribution in [-0.4, -0.2) is 18.4 Å². The molecule has 0 heterocycles. The van der Waals surface area contributed by atoms with Gasteiger partial charge in [-0.3, -0.25) is 9.59 Å². The first-order chi connectivity index (χ1) is 12.3. The third kappa shape index (κ3) is 6.58. The molecule has 0 spiro atoms. The van der Waals surface area contributed by atoms with Gasteiger partial charge in [0.1, 0.15) is 0 Å². The monoisotopic (exact) mass is 364 g/mol. The summed E-state index contributed by atoms with van der Waals surface area (Å²) in [4.78, 5) is 23.5. The fourth-order valence-electron chi connectivity index (χ4n) is 2.31. The average molecular weight is 364 g/mol. The van der Waals surface area contributed by atoms with Gasteiger partial charge in [-0.1, -0.05) is 42.5 Å². The van der Waals surface area contributed by atoms with E-state index < -0.39 is 11.7 Å². The van der Waals surface area contributed by atoms with Crippen LogP contribution < -0.4 is 10.6 Å². The molecule has 0 unspecified atom stereocenters. The highest BCUT2D eigenvalue weighted by molar-refractivity contribution is 5.80. The molecule has 2 rings (SSSR count). The summed E-state index contributed by atoms with van der Waals surface area (Å²) >= 11 is 0. The van der Waals surface area contributed by atoms with E-state index >= 15 is 0 Å². The lowest BCUT2D eigenvalue weighted by molar-refractivity contribution is -0.137. The Morgan fingerprint density at radius 3 is 2.23 bits per heavy atom. The summed E-state index contributed by atoms with van der Waals surface area (Å²) in [5.74, 6) is -0.538. The van der Waals surface area contributed by atoms with Crippen molar-refractivity contribution in [3.05, 3.63) is 71.3 Å². The van der Waals surface area contributed by atoms with Crippen LogP contribution in [0.25, 0.3) is 0 Å². The molecule has 0 fully saturated rings. The van der Waals surface area contributed by atoms with Crippen LogP contribution in [0.2, 0.25) is 0 Å². The van der Waals surface area contributed by atoms with Crippen LogP contribution in [0.15, 0.2) is 54.6 Å². The normalized spacial score (nSPS) is 11.0. The van der Waals surface area contributed by atoms with E-state index in [0.717, 1.165) is 17.7 Å². The molecule has 7 heteroatoms. The van der Waals surface area contributed by atoms with E-state index in [4.69, 9.17) is 0 Å². The molecule has 0 saturated carbocycles. The van der Waals surface area contributed by atoms with Crippen molar-refractivity contribution < 1.29 is 22.8 Å². The second-order valence-electron chi connectivity index (χ2n) is 5.74. The minimum Gasteiger partial charge on any atom is -0.355 e. The molecule has 138 valence electrons. The van der Waals surface area contributed by atoms with E-state index in [1.54, 1.807) is 0 Å². The highest BCUT2D eigenvalue weighted by atomic mass is 19.4. The van der Waals surface area contributed by atoms with Crippen molar-refractivity contribution in [2.24, 2.45) is 0 Å². The van der Waals surface area contributed by atoms with E-state index in [2.05, 4.69) is 10.6 Å². The number of nitrogens with one attached hydrogen (secondary N) is 2. The Balaban J connectivity index is 1.70. The predicted molar refractivity (Wildman–Crippen MR) is 91.1 cm³/mol. The van der Waals surface area contributed by atoms with Gasteiger partial charge in [0.2, 0.25) is 11.8 Å². The molecule has 2 aromatic rings. The Morgan fingerprint density at radius 2 is 1.54 bits per heavy atom. The van der Waals surface area contributed by atoms with Gasteiger partial charge in [0.05, 0.1) is 12.0 Å². The van der Waals surface area contributed by atoms with Gasteiger partial charge >= 0.3 is 6.18 Å². The summed E-state index contributed by atoms with van der Waals surface area (Å²) in [7, 11) is 0. The van der Waals surface area contributed by atoms with Gasteiger partial charge in [0, 0.05) is 19.5 Å². The molecule has 26 heavy (non-hydrogen) atoms. The number of halogens is 3. The zero-order valence-electron chi connectivity index (χ0n) is 14.0. The Morgan fingerprint density at radius 1 is 0.846 bits per heavy atom. The Kier molecular flexibility index (Phi) is 6.77. The van der Waals surface area contributed by atoms with Crippen molar-refractivity contribution in [2.45, 2.75) is 25.6 Å². The summed E-state index contributed by atoms with van der Waals surface area (Å²) in [5, 5.41) is 5.18. The molecule has 4 nitrogen and oxygen atoms in total. The second-order valence-corrected chi connectivity index (χ2v) is 5.74. The molecule has 0 saturated heterocycles. The highest BCUT2D eigenvalue weighted by Gasteiger charge is 2.30. The number of hydrogen-bond donors (Lipinski definition) is 2. The number of carbonyl (C=O) groups is 2. The van der Waals surface area contributed by atoms with E-state index in [1.165, 1.54) is 12.1 Å². The molecule has 0 aliphatic heterocycles. The van der Waals surface area contributed by atoms with Crippen LogP contribution in [0.3, 0.4) is 0 Å². The highest BCUT2D eigenvalue weighted by Crippen LogP contribution is 2.29. The Hall–Kier alpha value is -2.83. The molecule has 2 N–H and O–H groups in total. The first kappa shape index (κ1) is 19.5. The molecule has 0 bridgehead atoms. The van der Waals surface area contributed by atoms with Crippen LogP contribution in [0, 0.1) is 0 Å². The van der Waals surface area contributed by atoms with E-state index in [9.17, 15) is 22.8 Å². The molecular formula is C19H19F3N2O2. The standard InChI is InChI=1S/C19H19F3N2O2/c20-19(21,22)16-8-4-7-15(11-16)13-24-17(25)9-10-23-18(26)12-14-5-2-1-3-6-14/h1-8,11H,9-10,12-13H2,(H,23,26)(H,24,25). The molecule has 2 amide bonds. The maximum absolute atomic E-state index is 12.6. The first-order valence-corrected chi connectivity index (χ1v) is 8.08. The van der Waals surface area contributed by atoms with Gasteiger partial charge in [-0.2, -0.15) is 13.2 Å². The summed E-state index contributed by atoms with van der Waals surface area (Å²) < 4.78 is 37.9. The first-order valence-electron chi connectivity index (χ1n) is 8.08. The zero-order chi connectivity index (χ0) is 19.0. The number of alkyl halides is 3. The predicted octanol–water partition coefficient (Wildman–Crippen LogP) is 3.07. The van der Waals surface area contributed by atoms with Crippen LogP contribution in [0.1, 0.15) is 23.1 Å². The lowest BCUT2D eigenvalue weighted by Crippen LogP contribution is -2.31. The fourth-order valence-corrected chi connectivity index (χ4v) is 2.31. The van der Waals surface area contributed by atoms with Crippen LogP contribution >= 0.6 is 0 Å². The Bertz CT molecular complexity index is 746. The van der Waals surface area contributed by atoms with Crippen LogP contribution in [0.4, 0.5) is 13.2 Å². The third-order valence-corrected chi connectivity index (χ3v) is 3.63. The van der Waals surface area contributed by atoms with Gasteiger partial charge in [-0.05, 0) is 23.3 Å². The zero-order valence-corrected chi connectivity index (χ0v) is 14.0. The minimum atomic E-state index is -4.41. The second kappa shape index (κ2) is 9.03. The van der Waals surface area contributed by atoms with E-state index in [-0.39, 0.29) is 37.7 Å². The van der Waals surface area contributed by atoms with Crippen LogP contribution in [0.5, 0.6) is 0 Å². The maximum Gasteiger partial charge on any atom is 0.416 e. The van der Waals surface area contributed by atoms with Gasteiger partial charge in [-0.15, -0.1) is 0 Å². The average Bonchev–Trinajstić information content (AvgIpc) is 2.60. The summed E-state index contributed by atoms with van der Waals surface area (Å²) in [6.07, 6.45) is -4.13. The minimum absolute atomic E-state index is 0.000709. The molecular weight excluding hydrogens is 345 g/mol. The largest absolute Gasteiger partial charge is 0.416 e. The molecule has 0 aliphatic rings. The molecule has 0 radical (unpaired) electrons. The summed E-state index contributed by atoms with van der Waals surface area (Å²) in [6, 6.07) is 14.0. The summed E-state index contributed by atoms with van der Waals surface area (Å²) in [5.41, 5.74) is 0.484. The fraction of sp³-hybridized carbons (Fsp3) is 0.263. The SMILES string of the molecule is O=C(CCNC(=O)Cc1ccccc1)NCc1cccc(C(F)(F)F)c1. The lowest BCUT2D eigenvalue weighted by atomic mass is 10.1. The van der Waals surface area contributed by atoms with Crippen LogP contribution in [-0.2, 0) is 28.7 Å². The third-order valence-electron chi connectivity index (χ3n) is 3.63. The lowest BCUT2D eigenvalue weighted by Gasteiger charge is -2.10. The molecule has 0 aromatic heterocycles. The maximum atomic E-state index is 12.6. The number of rotatable bonds is 7.